The molecule has 1 aromatic rings. The Morgan fingerprint density at radius 2 is 2.13 bits per heavy atom. The molecule has 0 saturated carbocycles. The third-order valence-electron chi connectivity index (χ3n) is 1.68. The van der Waals surface area contributed by atoms with Gasteiger partial charge >= 0.3 is 0 Å². The van der Waals surface area contributed by atoms with Gasteiger partial charge in [0, 0.05) is 4.47 Å². The van der Waals surface area contributed by atoms with Crippen LogP contribution in [0.1, 0.15) is 0 Å². The molecule has 82 valence electrons. The van der Waals surface area contributed by atoms with Crippen molar-refractivity contribution in [2.24, 2.45) is 11.5 Å². The van der Waals surface area contributed by atoms with Gasteiger partial charge in [-0.15, -0.1) is 0 Å². The Morgan fingerprint density at radius 1 is 1.47 bits per heavy atom. The zero-order valence-electron chi connectivity index (χ0n) is 7.74. The van der Waals surface area contributed by atoms with Crippen molar-refractivity contribution in [1.29, 1.82) is 0 Å². The molecule has 1 rings (SSSR count). The lowest BCUT2D eigenvalue weighted by Gasteiger charge is -2.11. The van der Waals surface area contributed by atoms with Gasteiger partial charge in [0.2, 0.25) is 5.91 Å². The van der Waals surface area contributed by atoms with Crippen LogP contribution < -0.4 is 16.2 Å². The molecule has 4 N–H and O–H groups in total. The summed E-state index contributed by atoms with van der Waals surface area (Å²) in [5, 5.41) is 0. The third kappa shape index (κ3) is 3.81. The van der Waals surface area contributed by atoms with E-state index in [9.17, 15) is 4.79 Å². The van der Waals surface area contributed by atoms with E-state index < -0.39 is 11.9 Å². The topological polar surface area (TPSA) is 78.3 Å². The van der Waals surface area contributed by atoms with Gasteiger partial charge in [0.1, 0.15) is 18.4 Å². The van der Waals surface area contributed by atoms with Gasteiger partial charge < -0.3 is 16.2 Å². The molecule has 1 amide bonds. The maximum Gasteiger partial charge on any atom is 0.237 e. The zero-order chi connectivity index (χ0) is 11.4. The highest BCUT2D eigenvalue weighted by molar-refractivity contribution is 9.11. The van der Waals surface area contributed by atoms with E-state index in [4.69, 9.17) is 16.2 Å². The highest BCUT2D eigenvalue weighted by Crippen LogP contribution is 2.28. The van der Waals surface area contributed by atoms with Crippen molar-refractivity contribution in [1.82, 2.24) is 0 Å². The fraction of sp³-hybridized carbons (Fsp3) is 0.222. The molecular formula is C9H10Br2N2O2. The van der Waals surface area contributed by atoms with Crippen LogP contribution in [0.4, 0.5) is 0 Å². The molecule has 6 heteroatoms. The van der Waals surface area contributed by atoms with Crippen LogP contribution in [-0.2, 0) is 4.79 Å². The van der Waals surface area contributed by atoms with E-state index in [2.05, 4.69) is 31.9 Å². The molecule has 15 heavy (non-hydrogen) atoms. The Labute approximate surface area is 104 Å². The van der Waals surface area contributed by atoms with E-state index in [1.54, 1.807) is 6.07 Å². The predicted octanol–water partition coefficient (Wildman–Crippen LogP) is 1.40. The van der Waals surface area contributed by atoms with E-state index in [0.29, 0.717) is 5.75 Å². The minimum Gasteiger partial charge on any atom is -0.490 e. The SMILES string of the molecule is NC(=O)C(N)COc1ccc(Br)cc1Br. The van der Waals surface area contributed by atoms with Crippen LogP contribution in [-0.4, -0.2) is 18.6 Å². The molecule has 0 saturated heterocycles. The Bertz CT molecular complexity index is 371. The summed E-state index contributed by atoms with van der Waals surface area (Å²) in [6.45, 7) is 0.0650. The Morgan fingerprint density at radius 3 is 2.67 bits per heavy atom. The van der Waals surface area contributed by atoms with Crippen LogP contribution in [0.2, 0.25) is 0 Å². The molecule has 0 fully saturated rings. The van der Waals surface area contributed by atoms with Crippen LogP contribution in [0.15, 0.2) is 27.1 Å². The van der Waals surface area contributed by atoms with Crippen LogP contribution in [0.5, 0.6) is 5.75 Å². The minimum absolute atomic E-state index is 0.0650. The van der Waals surface area contributed by atoms with Gasteiger partial charge in [-0.3, -0.25) is 4.79 Å². The molecule has 0 bridgehead atoms. The summed E-state index contributed by atoms with van der Waals surface area (Å²) in [5.41, 5.74) is 10.4. The molecule has 4 nitrogen and oxygen atoms in total. The van der Waals surface area contributed by atoms with Crippen molar-refractivity contribution in [3.63, 3.8) is 0 Å². The van der Waals surface area contributed by atoms with Crippen LogP contribution in [0.25, 0.3) is 0 Å². The molecule has 0 aliphatic rings. The molecule has 0 radical (unpaired) electrons. The molecule has 1 aromatic carbocycles. The largest absolute Gasteiger partial charge is 0.490 e. The Kier molecular flexibility index (Phi) is 4.56. The molecule has 0 aliphatic carbocycles. The van der Waals surface area contributed by atoms with E-state index in [1.165, 1.54) is 0 Å². The van der Waals surface area contributed by atoms with E-state index in [-0.39, 0.29) is 6.61 Å². The first kappa shape index (κ1) is 12.5. The van der Waals surface area contributed by atoms with Gasteiger partial charge in [0.15, 0.2) is 0 Å². The van der Waals surface area contributed by atoms with Crippen LogP contribution in [0, 0.1) is 0 Å². The molecule has 0 aromatic heterocycles. The first-order valence-corrected chi connectivity index (χ1v) is 5.72. The van der Waals surface area contributed by atoms with Crippen molar-refractivity contribution >= 4 is 37.8 Å². The summed E-state index contributed by atoms with van der Waals surface area (Å²) < 4.78 is 7.04. The average Bonchev–Trinajstić information content (AvgIpc) is 2.15. The van der Waals surface area contributed by atoms with Gasteiger partial charge in [-0.1, -0.05) is 15.9 Å². The predicted molar refractivity (Wildman–Crippen MR) is 64.5 cm³/mol. The van der Waals surface area contributed by atoms with Gasteiger partial charge in [0.05, 0.1) is 4.47 Å². The van der Waals surface area contributed by atoms with E-state index in [1.807, 2.05) is 12.1 Å². The number of carbonyl (C=O) groups excluding carboxylic acids is 1. The number of hydrogen-bond acceptors (Lipinski definition) is 3. The van der Waals surface area contributed by atoms with Crippen molar-refractivity contribution < 1.29 is 9.53 Å². The number of nitrogens with two attached hydrogens (primary N) is 2. The molecule has 0 heterocycles. The van der Waals surface area contributed by atoms with Crippen molar-refractivity contribution in [2.45, 2.75) is 6.04 Å². The van der Waals surface area contributed by atoms with Crippen molar-refractivity contribution in [3.8, 4) is 5.75 Å². The maximum atomic E-state index is 10.7. The normalized spacial score (nSPS) is 12.2. The molecule has 0 spiro atoms. The fourth-order valence-electron chi connectivity index (χ4n) is 0.854. The zero-order valence-corrected chi connectivity index (χ0v) is 10.9. The number of amides is 1. The monoisotopic (exact) mass is 336 g/mol. The summed E-state index contributed by atoms with van der Waals surface area (Å²) in [5.74, 6) is 0.0399. The first-order chi connectivity index (χ1) is 7.00. The minimum atomic E-state index is -0.791. The fourth-order valence-corrected chi connectivity index (χ4v) is 2.02. The van der Waals surface area contributed by atoms with Crippen LogP contribution >= 0.6 is 31.9 Å². The lowest BCUT2D eigenvalue weighted by atomic mass is 10.3. The lowest BCUT2D eigenvalue weighted by Crippen LogP contribution is -2.41. The van der Waals surface area contributed by atoms with Gasteiger partial charge in [-0.2, -0.15) is 0 Å². The van der Waals surface area contributed by atoms with Gasteiger partial charge in [0.25, 0.3) is 0 Å². The Hall–Kier alpha value is -0.590. The van der Waals surface area contributed by atoms with E-state index >= 15 is 0 Å². The summed E-state index contributed by atoms with van der Waals surface area (Å²) in [6, 6.07) is 4.64. The van der Waals surface area contributed by atoms with Crippen LogP contribution in [0.3, 0.4) is 0 Å². The molecule has 1 atom stereocenters. The van der Waals surface area contributed by atoms with Crippen molar-refractivity contribution in [3.05, 3.63) is 27.1 Å². The van der Waals surface area contributed by atoms with Gasteiger partial charge in [-0.25, -0.2) is 0 Å². The summed E-state index contributed by atoms with van der Waals surface area (Å²) in [6.07, 6.45) is 0. The van der Waals surface area contributed by atoms with Gasteiger partial charge in [-0.05, 0) is 34.1 Å². The number of carbonyl (C=O) groups is 1. The number of primary amides is 1. The quantitative estimate of drug-likeness (QED) is 0.871. The third-order valence-corrected chi connectivity index (χ3v) is 2.79. The number of ether oxygens (including phenoxy) is 1. The standard InChI is InChI=1S/C9H10Br2N2O2/c10-5-1-2-8(6(11)3-5)15-4-7(12)9(13)14/h1-3,7H,4,12H2,(H2,13,14). The Balaban J connectivity index is 2.62. The number of halogens is 2. The maximum absolute atomic E-state index is 10.7. The second-order valence-corrected chi connectivity index (χ2v) is 4.66. The number of rotatable bonds is 4. The summed E-state index contributed by atoms with van der Waals surface area (Å²) >= 11 is 6.64. The molecule has 1 unspecified atom stereocenters. The lowest BCUT2D eigenvalue weighted by molar-refractivity contribution is -0.119. The highest BCUT2D eigenvalue weighted by atomic mass is 79.9. The summed E-state index contributed by atoms with van der Waals surface area (Å²) in [7, 11) is 0. The second-order valence-electron chi connectivity index (χ2n) is 2.89. The van der Waals surface area contributed by atoms with E-state index in [0.717, 1.165) is 8.95 Å². The number of hydrogen-bond donors (Lipinski definition) is 2. The highest BCUT2D eigenvalue weighted by Gasteiger charge is 2.10. The molecular weight excluding hydrogens is 328 g/mol. The molecule has 0 aliphatic heterocycles. The second kappa shape index (κ2) is 5.48. The smallest absolute Gasteiger partial charge is 0.237 e. The first-order valence-electron chi connectivity index (χ1n) is 4.13. The summed E-state index contributed by atoms with van der Waals surface area (Å²) in [4.78, 5) is 10.7. The van der Waals surface area contributed by atoms with Crippen molar-refractivity contribution in [2.75, 3.05) is 6.61 Å². The number of benzene rings is 1. The average molecular weight is 338 g/mol.